The number of aliphatic hydroxyl groups excluding tert-OH is 1. The van der Waals surface area contributed by atoms with Crippen molar-refractivity contribution in [1.82, 2.24) is 30.1 Å². The third kappa shape index (κ3) is 5.30. The van der Waals surface area contributed by atoms with E-state index in [4.69, 9.17) is 0 Å². The first-order valence-corrected chi connectivity index (χ1v) is 11.3. The summed E-state index contributed by atoms with van der Waals surface area (Å²) in [5.41, 5.74) is 2.13. The maximum Gasteiger partial charge on any atom is 0.338 e. The van der Waals surface area contributed by atoms with Crippen LogP contribution in [0.15, 0.2) is 29.5 Å². The highest BCUT2D eigenvalue weighted by molar-refractivity contribution is 5.78. The van der Waals surface area contributed by atoms with Crippen molar-refractivity contribution >= 4 is 18.2 Å². The second kappa shape index (κ2) is 10.7. The number of nitrogens with one attached hydrogen (secondary N) is 2. The first-order chi connectivity index (χ1) is 17.3. The predicted octanol–water partition coefficient (Wildman–Crippen LogP) is 2.92. The van der Waals surface area contributed by atoms with E-state index in [0.717, 1.165) is 17.3 Å². The normalized spacial score (nSPS) is 14.9. The molecule has 0 fully saturated rings. The van der Waals surface area contributed by atoms with Gasteiger partial charge in [0.1, 0.15) is 17.3 Å². The SMILES string of the molecule is Cc1nn(CCO)c(C)c1-c1nc(NCCNC(=O)N2N=CC[C@H]2c2cc(F)cc(F)c2)ncc1F. The molecule has 36 heavy (non-hydrogen) atoms. The van der Waals surface area contributed by atoms with Gasteiger partial charge < -0.3 is 15.7 Å². The van der Waals surface area contributed by atoms with Crippen molar-refractivity contribution in [3.63, 3.8) is 0 Å². The van der Waals surface area contributed by atoms with Crippen molar-refractivity contribution < 1.29 is 23.1 Å². The zero-order chi connectivity index (χ0) is 25.8. The van der Waals surface area contributed by atoms with E-state index < -0.39 is 29.5 Å². The van der Waals surface area contributed by atoms with E-state index in [1.807, 2.05) is 0 Å². The Balaban J connectivity index is 1.37. The van der Waals surface area contributed by atoms with Gasteiger partial charge in [0, 0.05) is 43.0 Å². The van der Waals surface area contributed by atoms with Gasteiger partial charge in [0.15, 0.2) is 5.82 Å². The number of carbonyl (C=O) groups is 1. The molecule has 2 amide bonds. The number of anilines is 1. The van der Waals surface area contributed by atoms with Gasteiger partial charge in [-0.1, -0.05) is 0 Å². The van der Waals surface area contributed by atoms with Gasteiger partial charge in [-0.25, -0.2) is 32.9 Å². The average Bonchev–Trinajstić information content (AvgIpc) is 3.42. The van der Waals surface area contributed by atoms with Gasteiger partial charge in [-0.3, -0.25) is 4.68 Å². The fourth-order valence-electron chi connectivity index (χ4n) is 4.06. The van der Waals surface area contributed by atoms with Gasteiger partial charge in [0.05, 0.1) is 31.1 Å². The quantitative estimate of drug-likeness (QED) is 0.408. The molecule has 1 atom stereocenters. The first kappa shape index (κ1) is 25.1. The summed E-state index contributed by atoms with van der Waals surface area (Å²) >= 11 is 0. The molecule has 10 nitrogen and oxygen atoms in total. The summed E-state index contributed by atoms with van der Waals surface area (Å²) < 4.78 is 43.3. The molecule has 1 aliphatic heterocycles. The number of nitrogens with zero attached hydrogens (tertiary/aromatic N) is 6. The number of rotatable bonds is 8. The van der Waals surface area contributed by atoms with E-state index in [-0.39, 0.29) is 37.9 Å². The highest BCUT2D eigenvalue weighted by atomic mass is 19.1. The van der Waals surface area contributed by atoms with E-state index in [9.17, 15) is 23.1 Å². The zero-order valence-electron chi connectivity index (χ0n) is 19.7. The molecule has 0 saturated heterocycles. The lowest BCUT2D eigenvalue weighted by Gasteiger charge is -2.22. The second-order valence-electron chi connectivity index (χ2n) is 8.14. The maximum absolute atomic E-state index is 14.5. The molecule has 3 heterocycles. The molecular weight excluding hydrogens is 477 g/mol. The highest BCUT2D eigenvalue weighted by Gasteiger charge is 2.29. The summed E-state index contributed by atoms with van der Waals surface area (Å²) in [4.78, 5) is 20.8. The van der Waals surface area contributed by atoms with Crippen LogP contribution < -0.4 is 10.6 Å². The Labute approximate surface area is 204 Å². The number of hydrazone groups is 1. The molecular formula is C23H25F3N8O2. The van der Waals surface area contributed by atoms with Crippen molar-refractivity contribution in [1.29, 1.82) is 0 Å². The molecule has 3 aromatic rings. The smallest absolute Gasteiger partial charge is 0.338 e. The Morgan fingerprint density at radius 3 is 2.64 bits per heavy atom. The molecule has 0 aliphatic carbocycles. The van der Waals surface area contributed by atoms with Crippen LogP contribution in [0.3, 0.4) is 0 Å². The predicted molar refractivity (Wildman–Crippen MR) is 126 cm³/mol. The van der Waals surface area contributed by atoms with Gasteiger partial charge in [-0.2, -0.15) is 10.2 Å². The molecule has 2 aromatic heterocycles. The van der Waals surface area contributed by atoms with Crippen LogP contribution in [0.1, 0.15) is 29.4 Å². The number of aryl methyl sites for hydroxylation is 1. The summed E-state index contributed by atoms with van der Waals surface area (Å²) in [7, 11) is 0. The summed E-state index contributed by atoms with van der Waals surface area (Å²) in [5.74, 6) is -1.92. The van der Waals surface area contributed by atoms with Gasteiger partial charge in [0.2, 0.25) is 5.95 Å². The molecule has 0 spiro atoms. The molecule has 0 saturated carbocycles. The number of carbonyl (C=O) groups excluding carboxylic acids is 1. The van der Waals surface area contributed by atoms with Crippen molar-refractivity contribution in [2.24, 2.45) is 5.10 Å². The third-order valence-corrected chi connectivity index (χ3v) is 5.67. The summed E-state index contributed by atoms with van der Waals surface area (Å²) in [5, 5.41) is 24.3. The number of aromatic nitrogens is 4. The van der Waals surface area contributed by atoms with E-state index in [2.05, 4.69) is 30.8 Å². The minimum atomic E-state index is -0.730. The van der Waals surface area contributed by atoms with Crippen molar-refractivity contribution in [3.05, 3.63) is 58.8 Å². The summed E-state index contributed by atoms with van der Waals surface area (Å²) in [6.07, 6.45) is 2.88. The third-order valence-electron chi connectivity index (χ3n) is 5.67. The van der Waals surface area contributed by atoms with Crippen molar-refractivity contribution in [3.8, 4) is 11.3 Å². The van der Waals surface area contributed by atoms with Gasteiger partial charge in [-0.05, 0) is 31.5 Å². The lowest BCUT2D eigenvalue weighted by Crippen LogP contribution is -2.39. The highest BCUT2D eigenvalue weighted by Crippen LogP contribution is 2.30. The van der Waals surface area contributed by atoms with Crippen LogP contribution in [0, 0.1) is 31.3 Å². The maximum atomic E-state index is 14.5. The van der Waals surface area contributed by atoms with E-state index in [1.54, 1.807) is 18.5 Å². The molecule has 4 rings (SSSR count). The number of aliphatic hydroxyl groups is 1. The molecule has 0 unspecified atom stereocenters. The standard InChI is InChI=1S/C23H25F3N8O2/c1-13-20(14(2)33(32-13)7-8-35)21-18(26)12-29-22(31-21)27-5-6-28-23(36)34-19(3-4-30-34)15-9-16(24)11-17(25)10-15/h4,9-12,19,35H,3,5-8H2,1-2H3,(H,28,36)(H,27,29,31)/t19-/m0/s1. The lowest BCUT2D eigenvalue weighted by atomic mass is 10.0. The molecule has 0 bridgehead atoms. The number of urea groups is 1. The summed E-state index contributed by atoms with van der Waals surface area (Å²) in [6.45, 7) is 4.04. The van der Waals surface area contributed by atoms with Crippen LogP contribution in [-0.4, -0.2) is 61.8 Å². The summed E-state index contributed by atoms with van der Waals surface area (Å²) in [6, 6.07) is 1.95. The fourth-order valence-corrected chi connectivity index (χ4v) is 4.06. The van der Waals surface area contributed by atoms with E-state index in [0.29, 0.717) is 28.9 Å². The van der Waals surface area contributed by atoms with Crippen LogP contribution in [0.25, 0.3) is 11.3 Å². The Hall–Kier alpha value is -4.00. The second-order valence-corrected chi connectivity index (χ2v) is 8.14. The Morgan fingerprint density at radius 1 is 1.17 bits per heavy atom. The van der Waals surface area contributed by atoms with Gasteiger partial charge in [-0.15, -0.1) is 0 Å². The molecule has 0 radical (unpaired) electrons. The fraction of sp³-hybridized carbons (Fsp3) is 0.348. The topological polar surface area (TPSA) is 121 Å². The van der Waals surface area contributed by atoms with Gasteiger partial charge in [0.25, 0.3) is 0 Å². The number of halogens is 3. The molecule has 1 aromatic carbocycles. The largest absolute Gasteiger partial charge is 0.394 e. The van der Waals surface area contributed by atoms with Gasteiger partial charge >= 0.3 is 6.03 Å². The minimum absolute atomic E-state index is 0.0762. The van der Waals surface area contributed by atoms with Crippen LogP contribution in [0.2, 0.25) is 0 Å². The Morgan fingerprint density at radius 2 is 1.92 bits per heavy atom. The van der Waals surface area contributed by atoms with Crippen LogP contribution in [0.5, 0.6) is 0 Å². The lowest BCUT2D eigenvalue weighted by molar-refractivity contribution is 0.186. The first-order valence-electron chi connectivity index (χ1n) is 11.3. The van der Waals surface area contributed by atoms with Crippen LogP contribution in [-0.2, 0) is 6.54 Å². The van der Waals surface area contributed by atoms with Crippen LogP contribution >= 0.6 is 0 Å². The zero-order valence-corrected chi connectivity index (χ0v) is 19.7. The van der Waals surface area contributed by atoms with E-state index in [1.165, 1.54) is 18.3 Å². The molecule has 190 valence electrons. The average molecular weight is 503 g/mol. The molecule has 13 heteroatoms. The Kier molecular flexibility index (Phi) is 7.48. The molecule has 1 aliphatic rings. The minimum Gasteiger partial charge on any atom is -0.394 e. The van der Waals surface area contributed by atoms with Crippen LogP contribution in [0.4, 0.5) is 23.9 Å². The van der Waals surface area contributed by atoms with Crippen molar-refractivity contribution in [2.45, 2.75) is 32.9 Å². The monoisotopic (exact) mass is 502 g/mol. The van der Waals surface area contributed by atoms with Crippen molar-refractivity contribution in [2.75, 3.05) is 25.0 Å². The number of amides is 2. The number of hydrogen-bond donors (Lipinski definition) is 3. The number of benzene rings is 1. The molecule has 3 N–H and O–H groups in total. The Bertz CT molecular complexity index is 1280. The van der Waals surface area contributed by atoms with E-state index >= 15 is 0 Å². The number of hydrogen-bond acceptors (Lipinski definition) is 7.